The van der Waals surface area contributed by atoms with Gasteiger partial charge >= 0.3 is 16.8 Å². The average molecular weight is 640 g/mol. The second-order valence-electron chi connectivity index (χ2n) is 11.7. The van der Waals surface area contributed by atoms with Gasteiger partial charge in [0, 0.05) is 35.5 Å². The smallest absolute Gasteiger partial charge is 0.550 e. The number of carboxylic acids is 2. The molecule has 0 aliphatic heterocycles. The minimum atomic E-state index is -1.08. The second kappa shape index (κ2) is 21.5. The van der Waals surface area contributed by atoms with E-state index in [1.54, 1.807) is 12.1 Å². The number of hydrogen-bond acceptors (Lipinski definition) is 8. The summed E-state index contributed by atoms with van der Waals surface area (Å²) in [6.45, 7) is 10.9. The number of rotatable bonds is 10. The van der Waals surface area contributed by atoms with E-state index in [0.29, 0.717) is 23.3 Å². The summed E-state index contributed by atoms with van der Waals surface area (Å²) in [7, 11) is 0. The van der Waals surface area contributed by atoms with Gasteiger partial charge in [0.25, 0.3) is 0 Å². The Kier molecular flexibility index (Phi) is 19.9. The number of carbonyl (C=O) groups excluding carboxylic acids is 2. The van der Waals surface area contributed by atoms with E-state index in [1.165, 1.54) is 11.1 Å². The zero-order valence-electron chi connectivity index (χ0n) is 26.3. The van der Waals surface area contributed by atoms with Gasteiger partial charge in [-0.15, -0.1) is 0 Å². The van der Waals surface area contributed by atoms with Crippen LogP contribution in [0, 0.1) is 11.8 Å². The van der Waals surface area contributed by atoms with Crippen molar-refractivity contribution in [1.82, 2.24) is 0 Å². The minimum Gasteiger partial charge on any atom is -0.550 e. The molecule has 1 fully saturated rings. The second-order valence-corrected chi connectivity index (χ2v) is 11.7. The number of carboxylic acid groups (broad SMARTS) is 2. The molecule has 2 N–H and O–H groups in total. The third-order valence-corrected chi connectivity index (χ3v) is 6.72. The molecule has 0 saturated heterocycles. The van der Waals surface area contributed by atoms with E-state index < -0.39 is 11.9 Å². The fraction of sp³-hybridized carbons (Fsp3) is 0.529. The number of hydrogen-bond donors (Lipinski definition) is 2. The molecule has 239 valence electrons. The van der Waals surface area contributed by atoms with Crippen LogP contribution in [0.5, 0.6) is 11.5 Å². The Morgan fingerprint density at radius 3 is 1.33 bits per heavy atom. The van der Waals surface area contributed by atoms with E-state index in [-0.39, 0.29) is 28.9 Å². The van der Waals surface area contributed by atoms with Crippen LogP contribution in [0.1, 0.15) is 102 Å². The molecule has 0 bridgehead atoms. The Balaban J connectivity index is 0.00000174. The van der Waals surface area contributed by atoms with Gasteiger partial charge in [0.05, 0.1) is 12.1 Å². The number of aryl methyl sites for hydroxylation is 2. The molecule has 1 saturated carbocycles. The van der Waals surface area contributed by atoms with Gasteiger partial charge in [-0.2, -0.15) is 0 Å². The summed E-state index contributed by atoms with van der Waals surface area (Å²) in [6.07, 6.45) is 12.0. The monoisotopic (exact) mass is 639 g/mol. The first kappa shape index (κ1) is 39.8. The van der Waals surface area contributed by atoms with Crippen molar-refractivity contribution in [3.8, 4) is 11.5 Å². The summed E-state index contributed by atoms with van der Waals surface area (Å²) in [4.78, 5) is 27.4. The van der Waals surface area contributed by atoms with Crippen molar-refractivity contribution >= 4 is 24.4 Å². The van der Waals surface area contributed by atoms with Crippen LogP contribution in [0.15, 0.2) is 46.4 Å². The van der Waals surface area contributed by atoms with Crippen molar-refractivity contribution in [2.45, 2.75) is 105 Å². The van der Waals surface area contributed by atoms with Crippen molar-refractivity contribution in [3.63, 3.8) is 0 Å². The molecule has 0 amide bonds. The Morgan fingerprint density at radius 1 is 0.744 bits per heavy atom. The van der Waals surface area contributed by atoms with Crippen LogP contribution in [0.4, 0.5) is 0 Å². The number of aliphatic imine (C=N–C) groups is 2. The van der Waals surface area contributed by atoms with E-state index in [0.717, 1.165) is 76.3 Å². The maximum atomic E-state index is 10.2. The van der Waals surface area contributed by atoms with Crippen LogP contribution in [-0.4, -0.2) is 46.7 Å². The number of nitrogens with zero attached hydrogens (tertiary/aromatic N) is 2. The van der Waals surface area contributed by atoms with Gasteiger partial charge < -0.3 is 30.0 Å². The molecule has 3 rings (SSSR count). The fourth-order valence-corrected chi connectivity index (χ4v) is 4.36. The topological polar surface area (TPSA) is 145 Å². The van der Waals surface area contributed by atoms with E-state index in [4.69, 9.17) is 29.8 Å². The quantitative estimate of drug-likeness (QED) is 0.363. The summed E-state index contributed by atoms with van der Waals surface area (Å²) >= 11 is 0. The molecule has 0 unspecified atom stereocenters. The number of carbonyl (C=O) groups is 2. The maximum Gasteiger partial charge on any atom is 2.00 e. The number of aliphatic carboxylic acids is 2. The van der Waals surface area contributed by atoms with Gasteiger partial charge in [-0.05, 0) is 112 Å². The fourth-order valence-electron chi connectivity index (χ4n) is 4.36. The van der Waals surface area contributed by atoms with Crippen molar-refractivity contribution < 1.29 is 46.8 Å². The average Bonchev–Trinajstić information content (AvgIpc) is 2.90. The molecule has 0 atom stereocenters. The van der Waals surface area contributed by atoms with Crippen LogP contribution in [0.25, 0.3) is 0 Å². The van der Waals surface area contributed by atoms with E-state index in [1.807, 2.05) is 24.6 Å². The van der Waals surface area contributed by atoms with Crippen molar-refractivity contribution in [3.05, 3.63) is 58.7 Å². The Morgan fingerprint density at radius 2 is 1.05 bits per heavy atom. The van der Waals surface area contributed by atoms with Gasteiger partial charge in [-0.1, -0.05) is 39.8 Å². The molecule has 0 spiro atoms. The molecule has 0 heterocycles. The maximum absolute atomic E-state index is 10.2. The Bertz CT molecular complexity index is 1070. The summed E-state index contributed by atoms with van der Waals surface area (Å²) in [5.74, 6) is -0.236. The summed E-state index contributed by atoms with van der Waals surface area (Å²) < 4.78 is 0. The SMILES string of the molecule is CC(=O)[O-].CC(=O)[O-].CC(C)CCc1ccc(O)c(C=NC2CCC(N=Cc3cc(CCC(C)C)ccc3O)CC2)c1.[Co+2]. The van der Waals surface area contributed by atoms with E-state index >= 15 is 0 Å². The van der Waals surface area contributed by atoms with Gasteiger partial charge in [-0.3, -0.25) is 9.98 Å². The van der Waals surface area contributed by atoms with Crippen LogP contribution in [0.2, 0.25) is 0 Å². The molecular formula is C34H48CoN2O6. The molecule has 8 nitrogen and oxygen atoms in total. The standard InChI is InChI=1S/C30H42N2O2.2C2H4O2.Co/c1-21(2)5-7-23-9-15-29(33)25(17-23)19-31-27-11-13-28(14-12-27)32-20-26-18-24(8-6-22(3)4)10-16-30(26)34;2*1-2(3)4;/h9-10,15-22,27-28,33-34H,5-8,11-14H2,1-4H3;2*1H3,(H,3,4);/q;;;+2/p-2. The molecular weight excluding hydrogens is 591 g/mol. The minimum absolute atomic E-state index is 0. The first-order valence-corrected chi connectivity index (χ1v) is 14.8. The van der Waals surface area contributed by atoms with Crippen molar-refractivity contribution in [2.75, 3.05) is 0 Å². The number of phenols is 2. The first-order chi connectivity index (χ1) is 19.8. The third kappa shape index (κ3) is 18.9. The zero-order valence-corrected chi connectivity index (χ0v) is 27.4. The predicted molar refractivity (Wildman–Crippen MR) is 165 cm³/mol. The van der Waals surface area contributed by atoms with E-state index in [9.17, 15) is 10.2 Å². The van der Waals surface area contributed by atoms with Crippen LogP contribution < -0.4 is 10.2 Å². The third-order valence-electron chi connectivity index (χ3n) is 6.72. The molecule has 1 aliphatic carbocycles. The molecule has 0 aromatic heterocycles. The molecule has 2 aromatic rings. The molecule has 1 aliphatic rings. The van der Waals surface area contributed by atoms with E-state index in [2.05, 4.69) is 39.8 Å². The van der Waals surface area contributed by atoms with Crippen molar-refractivity contribution in [1.29, 1.82) is 0 Å². The first-order valence-electron chi connectivity index (χ1n) is 14.8. The van der Waals surface area contributed by atoms with Gasteiger partial charge in [0.1, 0.15) is 11.5 Å². The van der Waals surface area contributed by atoms with Crippen LogP contribution in [-0.2, 0) is 39.2 Å². The largest absolute Gasteiger partial charge is 2.00 e. The normalized spacial score (nSPS) is 16.3. The molecule has 43 heavy (non-hydrogen) atoms. The number of phenolic OH excluding ortho intramolecular Hbond substituents is 2. The summed E-state index contributed by atoms with van der Waals surface area (Å²) in [5, 5.41) is 38.2. The number of benzene rings is 2. The zero-order chi connectivity index (χ0) is 31.7. The summed E-state index contributed by atoms with van der Waals surface area (Å²) in [6, 6.07) is 12.3. The van der Waals surface area contributed by atoms with Gasteiger partial charge in [0.2, 0.25) is 0 Å². The van der Waals surface area contributed by atoms with Gasteiger partial charge in [-0.25, -0.2) is 0 Å². The Hall–Kier alpha value is -3.17. The Labute approximate surface area is 267 Å². The molecule has 2 aromatic carbocycles. The van der Waals surface area contributed by atoms with Crippen LogP contribution in [0.3, 0.4) is 0 Å². The molecule has 9 heteroatoms. The summed E-state index contributed by atoms with van der Waals surface area (Å²) in [5.41, 5.74) is 4.13. The van der Waals surface area contributed by atoms with Crippen molar-refractivity contribution in [2.24, 2.45) is 21.8 Å². The molecule has 1 radical (unpaired) electrons. The predicted octanol–water partition coefficient (Wildman–Crippen LogP) is 4.63. The van der Waals surface area contributed by atoms with Crippen LogP contribution >= 0.6 is 0 Å². The number of aromatic hydroxyl groups is 2. The van der Waals surface area contributed by atoms with Gasteiger partial charge in [0.15, 0.2) is 0 Å².